The predicted molar refractivity (Wildman–Crippen MR) is 106 cm³/mol. The molecule has 1 unspecified atom stereocenters. The number of alkyl halides is 2. The summed E-state index contributed by atoms with van der Waals surface area (Å²) in [6.45, 7) is 2.96. The van der Waals surface area contributed by atoms with Gasteiger partial charge in [0.25, 0.3) is 0 Å². The third kappa shape index (κ3) is 6.86. The summed E-state index contributed by atoms with van der Waals surface area (Å²) in [6.07, 6.45) is 2.77. The van der Waals surface area contributed by atoms with E-state index in [-0.39, 0.29) is 4.83 Å². The largest absolute Gasteiger partial charge is 0.479 e. The van der Waals surface area contributed by atoms with E-state index in [4.69, 9.17) is 5.11 Å². The molecule has 1 aromatic rings. The van der Waals surface area contributed by atoms with Crippen molar-refractivity contribution in [3.05, 3.63) is 43.0 Å². The molecule has 0 fully saturated rings. The van der Waals surface area contributed by atoms with Gasteiger partial charge < -0.3 is 10.2 Å². The lowest BCUT2D eigenvalue weighted by molar-refractivity contribution is -0.139. The lowest BCUT2D eigenvalue weighted by Crippen LogP contribution is -2.52. The molecular weight excluding hydrogens is 518 g/mol. The van der Waals surface area contributed by atoms with E-state index in [0.717, 1.165) is 11.8 Å². The summed E-state index contributed by atoms with van der Waals surface area (Å²) >= 11 is 11.7. The number of thioether (sulfide) groups is 1. The number of carboxylic acid groups (broad SMARTS) is 2. The van der Waals surface area contributed by atoms with Crippen LogP contribution in [0.2, 0.25) is 0 Å². The molecule has 0 amide bonds. The quantitative estimate of drug-likeness (QED) is 0.235. The Kier molecular flexibility index (Phi) is 10.9. The standard InChI is InChI=1S/C11H12Br3NO2S.C3H4O2/c1-18-7-9(12)11(13,10(16)17)15(14)8-5-3-2-4-6-8;1-2-3(4)5/h2-6,9H,7H2,1H3,(H,16,17);2H,1H2,(H,4,5)/t9?,11-;/m0./s1. The van der Waals surface area contributed by atoms with Crippen LogP contribution in [0.5, 0.6) is 0 Å². The van der Waals surface area contributed by atoms with E-state index in [9.17, 15) is 14.7 Å². The molecular formula is C14H16Br3NO4S. The van der Waals surface area contributed by atoms with Crippen LogP contribution >= 0.6 is 59.8 Å². The minimum absolute atomic E-state index is 0.267. The van der Waals surface area contributed by atoms with Gasteiger partial charge >= 0.3 is 11.9 Å². The minimum Gasteiger partial charge on any atom is -0.479 e. The average molecular weight is 534 g/mol. The molecule has 0 saturated heterocycles. The van der Waals surface area contributed by atoms with E-state index in [1.165, 1.54) is 3.93 Å². The second-order valence-electron chi connectivity index (χ2n) is 4.06. The van der Waals surface area contributed by atoms with Crippen LogP contribution in [0.1, 0.15) is 0 Å². The molecule has 0 aliphatic heterocycles. The first kappa shape index (κ1) is 22.5. The molecule has 0 aliphatic rings. The van der Waals surface area contributed by atoms with Crippen LogP contribution < -0.4 is 3.93 Å². The lowest BCUT2D eigenvalue weighted by Gasteiger charge is -2.36. The molecule has 128 valence electrons. The van der Waals surface area contributed by atoms with E-state index in [0.29, 0.717) is 5.75 Å². The van der Waals surface area contributed by atoms with E-state index >= 15 is 0 Å². The van der Waals surface area contributed by atoms with Crippen molar-refractivity contribution in [1.29, 1.82) is 0 Å². The fourth-order valence-corrected chi connectivity index (χ4v) is 4.56. The van der Waals surface area contributed by atoms with Gasteiger partial charge in [-0.25, -0.2) is 9.59 Å². The fraction of sp³-hybridized carbons (Fsp3) is 0.286. The Morgan fingerprint density at radius 1 is 1.39 bits per heavy atom. The zero-order valence-electron chi connectivity index (χ0n) is 12.2. The topological polar surface area (TPSA) is 77.8 Å². The van der Waals surface area contributed by atoms with Gasteiger partial charge in [-0.1, -0.05) is 40.7 Å². The highest BCUT2D eigenvalue weighted by Crippen LogP contribution is 2.39. The Bertz CT molecular complexity index is 532. The van der Waals surface area contributed by atoms with Crippen molar-refractivity contribution in [3.63, 3.8) is 0 Å². The summed E-state index contributed by atoms with van der Waals surface area (Å²) in [7, 11) is 0. The predicted octanol–water partition coefficient (Wildman–Crippen LogP) is 4.36. The van der Waals surface area contributed by atoms with Crippen LogP contribution in [-0.2, 0) is 9.59 Å². The number of aliphatic carboxylic acids is 2. The first-order chi connectivity index (χ1) is 10.7. The molecule has 23 heavy (non-hydrogen) atoms. The van der Waals surface area contributed by atoms with E-state index in [1.807, 2.05) is 36.6 Å². The maximum absolute atomic E-state index is 11.6. The lowest BCUT2D eigenvalue weighted by atomic mass is 10.2. The van der Waals surface area contributed by atoms with Gasteiger partial charge in [-0.15, -0.1) is 0 Å². The number of carboxylic acids is 2. The molecule has 1 aromatic carbocycles. The highest BCUT2D eigenvalue weighted by Gasteiger charge is 2.47. The summed E-state index contributed by atoms with van der Waals surface area (Å²) in [5.74, 6) is -1.28. The van der Waals surface area contributed by atoms with Gasteiger partial charge in [0.1, 0.15) is 0 Å². The van der Waals surface area contributed by atoms with Crippen molar-refractivity contribution in [3.8, 4) is 0 Å². The molecule has 2 atom stereocenters. The number of carbonyl (C=O) groups is 2. The van der Waals surface area contributed by atoms with Crippen LogP contribution in [0.15, 0.2) is 43.0 Å². The Labute approximate surface area is 164 Å². The molecule has 0 saturated carbocycles. The smallest absolute Gasteiger partial charge is 0.342 e. The number of benzene rings is 1. The number of halogens is 3. The minimum atomic E-state index is -1.25. The number of anilines is 1. The molecule has 0 heterocycles. The molecule has 0 aliphatic carbocycles. The fourth-order valence-electron chi connectivity index (χ4n) is 1.34. The van der Waals surface area contributed by atoms with Gasteiger partial charge in [0, 0.05) is 17.5 Å². The van der Waals surface area contributed by atoms with Crippen LogP contribution in [0, 0.1) is 0 Å². The van der Waals surface area contributed by atoms with Crippen LogP contribution in [0.3, 0.4) is 0 Å². The number of nitrogens with zero attached hydrogens (tertiary/aromatic N) is 1. The van der Waals surface area contributed by atoms with Crippen molar-refractivity contribution in [2.24, 2.45) is 0 Å². The molecule has 0 bridgehead atoms. The van der Waals surface area contributed by atoms with Gasteiger partial charge in [0.2, 0.25) is 4.45 Å². The monoisotopic (exact) mass is 531 g/mol. The summed E-state index contributed by atoms with van der Waals surface area (Å²) in [5.41, 5.74) is 0.766. The van der Waals surface area contributed by atoms with Crippen LogP contribution in [0.25, 0.3) is 0 Å². The Morgan fingerprint density at radius 3 is 2.22 bits per heavy atom. The van der Waals surface area contributed by atoms with E-state index in [1.54, 1.807) is 11.8 Å². The highest BCUT2D eigenvalue weighted by molar-refractivity contribution is 9.14. The van der Waals surface area contributed by atoms with E-state index < -0.39 is 16.4 Å². The molecule has 2 N–H and O–H groups in total. The third-order valence-electron chi connectivity index (χ3n) is 2.47. The Balaban J connectivity index is 0.000000841. The second kappa shape index (κ2) is 11.1. The molecule has 0 radical (unpaired) electrons. The summed E-state index contributed by atoms with van der Waals surface area (Å²) in [6, 6.07) is 9.28. The van der Waals surface area contributed by atoms with Crippen molar-refractivity contribution in [2.75, 3.05) is 15.9 Å². The first-order valence-electron chi connectivity index (χ1n) is 6.13. The van der Waals surface area contributed by atoms with Gasteiger partial charge in [0.15, 0.2) is 0 Å². The van der Waals surface area contributed by atoms with E-state index in [2.05, 4.69) is 54.6 Å². The second-order valence-corrected chi connectivity index (χ2v) is 7.99. The third-order valence-corrected chi connectivity index (χ3v) is 7.86. The highest BCUT2D eigenvalue weighted by atomic mass is 79.9. The average Bonchev–Trinajstić information content (AvgIpc) is 2.54. The zero-order chi connectivity index (χ0) is 18.0. The SMILES string of the molecule is C=CC(=O)O.CSCC(Br)[C@@](Br)(C(=O)O)N(Br)c1ccccc1. The molecule has 1 rings (SSSR count). The van der Waals surface area contributed by atoms with Gasteiger partial charge in [-0.3, -0.25) is 3.93 Å². The summed E-state index contributed by atoms with van der Waals surface area (Å²) in [5, 5.41) is 17.1. The zero-order valence-corrected chi connectivity index (χ0v) is 17.7. The number of hydrogen-bond acceptors (Lipinski definition) is 4. The van der Waals surface area contributed by atoms with Crippen LogP contribution in [-0.4, -0.2) is 43.4 Å². The van der Waals surface area contributed by atoms with Gasteiger partial charge in [-0.2, -0.15) is 11.8 Å². The van der Waals surface area contributed by atoms with Crippen molar-refractivity contribution in [1.82, 2.24) is 0 Å². The Morgan fingerprint density at radius 2 is 1.87 bits per heavy atom. The van der Waals surface area contributed by atoms with Crippen molar-refractivity contribution >= 4 is 77.4 Å². The summed E-state index contributed by atoms with van der Waals surface area (Å²) < 4.78 is 0.287. The van der Waals surface area contributed by atoms with Crippen molar-refractivity contribution in [2.45, 2.75) is 9.28 Å². The summed E-state index contributed by atoms with van der Waals surface area (Å²) in [4.78, 5) is 20.6. The maximum atomic E-state index is 11.6. The van der Waals surface area contributed by atoms with Gasteiger partial charge in [0.05, 0.1) is 21.0 Å². The number of hydrogen-bond donors (Lipinski definition) is 2. The Hall–Kier alpha value is -0.510. The number of rotatable bonds is 7. The number of para-hydroxylation sites is 1. The molecule has 9 heteroatoms. The normalized spacial score (nSPS) is 13.7. The van der Waals surface area contributed by atoms with Crippen LogP contribution in [0.4, 0.5) is 5.69 Å². The maximum Gasteiger partial charge on any atom is 0.342 e. The van der Waals surface area contributed by atoms with Gasteiger partial charge in [-0.05, 0) is 34.3 Å². The molecule has 0 aromatic heterocycles. The molecule has 0 spiro atoms. The molecule has 5 nitrogen and oxygen atoms in total. The first-order valence-corrected chi connectivity index (χ1v) is 9.94. The van der Waals surface area contributed by atoms with Crippen molar-refractivity contribution < 1.29 is 19.8 Å².